The number of anilines is 1. The van der Waals surface area contributed by atoms with Crippen LogP contribution in [0.2, 0.25) is 0 Å². The zero-order valence-corrected chi connectivity index (χ0v) is 17.9. The van der Waals surface area contributed by atoms with E-state index in [9.17, 15) is 4.79 Å². The topological polar surface area (TPSA) is 78.4 Å². The Bertz CT molecular complexity index is 1020. The van der Waals surface area contributed by atoms with Crippen LogP contribution in [0.1, 0.15) is 34.3 Å². The number of aryl methyl sites for hydroxylation is 2. The average molecular weight is 420 g/mol. The minimum absolute atomic E-state index is 0.157. The highest BCUT2D eigenvalue weighted by Crippen LogP contribution is 2.24. The standard InChI is InChI=1S/C23H25N5OS/c1-15-10-16(2)12-19(11-15)28-22(29)20-4-3-8-25-23(20)30-14-18-7-9-24-21(13-26-18)27-17-5-6-17/h3-4,7-13,17,26-27H,5-6,14H2,1-2H3,(H,28,29). The number of thioether (sulfide) groups is 1. The van der Waals surface area contributed by atoms with Crippen LogP contribution in [0.15, 0.2) is 70.3 Å². The number of benzene rings is 1. The van der Waals surface area contributed by atoms with Crippen molar-refractivity contribution in [3.05, 3.63) is 77.0 Å². The van der Waals surface area contributed by atoms with Gasteiger partial charge in [0.05, 0.1) is 5.56 Å². The predicted molar refractivity (Wildman–Crippen MR) is 123 cm³/mol. The van der Waals surface area contributed by atoms with Gasteiger partial charge in [0.2, 0.25) is 0 Å². The molecule has 1 aromatic carbocycles. The van der Waals surface area contributed by atoms with Gasteiger partial charge in [-0.15, -0.1) is 0 Å². The Hall–Kier alpha value is -3.06. The lowest BCUT2D eigenvalue weighted by atomic mass is 10.1. The summed E-state index contributed by atoms with van der Waals surface area (Å²) < 4.78 is 0. The van der Waals surface area contributed by atoms with Crippen LogP contribution < -0.4 is 16.0 Å². The predicted octanol–water partition coefficient (Wildman–Crippen LogP) is 4.15. The van der Waals surface area contributed by atoms with E-state index in [2.05, 4.69) is 32.0 Å². The molecule has 3 N–H and O–H groups in total. The Morgan fingerprint density at radius 3 is 2.80 bits per heavy atom. The molecule has 1 amide bonds. The van der Waals surface area contributed by atoms with Crippen LogP contribution in [0.5, 0.6) is 0 Å². The summed E-state index contributed by atoms with van der Waals surface area (Å²) >= 11 is 1.52. The second kappa shape index (κ2) is 9.17. The zero-order chi connectivity index (χ0) is 20.9. The molecule has 0 unspecified atom stereocenters. The van der Waals surface area contributed by atoms with E-state index >= 15 is 0 Å². The van der Waals surface area contributed by atoms with Crippen LogP contribution in [0, 0.1) is 13.8 Å². The first-order chi connectivity index (χ1) is 14.6. The molecule has 1 fully saturated rings. The van der Waals surface area contributed by atoms with Crippen LogP contribution in [-0.2, 0) is 0 Å². The third kappa shape index (κ3) is 5.51. The van der Waals surface area contributed by atoms with Gasteiger partial charge in [0.25, 0.3) is 5.91 Å². The summed E-state index contributed by atoms with van der Waals surface area (Å²) in [5.41, 5.74) is 4.59. The molecule has 6 nitrogen and oxygen atoms in total. The number of aromatic nitrogens is 1. The van der Waals surface area contributed by atoms with Crippen molar-refractivity contribution in [2.75, 3.05) is 11.1 Å². The third-order valence-corrected chi connectivity index (χ3v) is 5.73. The lowest BCUT2D eigenvalue weighted by Gasteiger charge is -2.11. The summed E-state index contributed by atoms with van der Waals surface area (Å²) in [6.07, 6.45) is 9.75. The lowest BCUT2D eigenvalue weighted by molar-refractivity contribution is 0.102. The second-order valence-electron chi connectivity index (χ2n) is 7.54. The van der Waals surface area contributed by atoms with Crippen molar-refractivity contribution in [2.24, 2.45) is 4.99 Å². The van der Waals surface area contributed by atoms with Crippen molar-refractivity contribution in [1.29, 1.82) is 0 Å². The first kappa shape index (κ1) is 20.2. The van der Waals surface area contributed by atoms with Crippen LogP contribution >= 0.6 is 11.8 Å². The average Bonchev–Trinajstić information content (AvgIpc) is 3.54. The Balaban J connectivity index is 1.40. The van der Waals surface area contributed by atoms with Crippen molar-refractivity contribution in [3.63, 3.8) is 0 Å². The Morgan fingerprint density at radius 1 is 1.23 bits per heavy atom. The molecule has 0 radical (unpaired) electrons. The number of carbonyl (C=O) groups excluding carboxylic acids is 1. The number of amides is 1. The third-order valence-electron chi connectivity index (χ3n) is 4.67. The largest absolute Gasteiger partial charge is 0.366 e. The fourth-order valence-electron chi connectivity index (χ4n) is 3.13. The number of carbonyl (C=O) groups is 1. The molecule has 0 atom stereocenters. The second-order valence-corrected chi connectivity index (χ2v) is 8.50. The Labute approximate surface area is 181 Å². The van der Waals surface area contributed by atoms with E-state index in [0.717, 1.165) is 28.3 Å². The van der Waals surface area contributed by atoms with E-state index in [0.29, 0.717) is 22.4 Å². The zero-order valence-electron chi connectivity index (χ0n) is 17.1. The molecule has 1 aliphatic carbocycles. The maximum atomic E-state index is 12.9. The van der Waals surface area contributed by atoms with E-state index in [1.165, 1.54) is 24.6 Å². The summed E-state index contributed by atoms with van der Waals surface area (Å²) in [5, 5.41) is 10.4. The van der Waals surface area contributed by atoms with Crippen LogP contribution in [0.4, 0.5) is 5.69 Å². The number of nitrogens with one attached hydrogen (secondary N) is 3. The molecule has 0 bridgehead atoms. The van der Waals surface area contributed by atoms with Crippen molar-refractivity contribution in [3.8, 4) is 0 Å². The maximum absolute atomic E-state index is 12.9. The van der Waals surface area contributed by atoms with Gasteiger partial charge in [-0.05, 0) is 68.2 Å². The molecule has 0 saturated heterocycles. The molecule has 0 spiro atoms. The van der Waals surface area contributed by atoms with Gasteiger partial charge in [-0.25, -0.2) is 9.98 Å². The molecule has 1 aromatic heterocycles. The molecule has 4 rings (SSSR count). The molecule has 2 aliphatic rings. The Kier molecular flexibility index (Phi) is 6.18. The monoisotopic (exact) mass is 419 g/mol. The number of pyridine rings is 1. The number of rotatable bonds is 7. The SMILES string of the molecule is Cc1cc(C)cc(NC(=O)c2cccnc2SCC2=CC=NC(NC3CC3)=CN2)c1. The van der Waals surface area contributed by atoms with Gasteiger partial charge in [0, 0.05) is 41.8 Å². The first-order valence-corrected chi connectivity index (χ1v) is 11.0. The van der Waals surface area contributed by atoms with Gasteiger partial charge in [-0.1, -0.05) is 17.8 Å². The summed E-state index contributed by atoms with van der Waals surface area (Å²) in [5.74, 6) is 1.34. The Morgan fingerprint density at radius 2 is 2.03 bits per heavy atom. The quantitative estimate of drug-likeness (QED) is 0.588. The minimum Gasteiger partial charge on any atom is -0.366 e. The minimum atomic E-state index is -0.157. The van der Waals surface area contributed by atoms with E-state index in [1.54, 1.807) is 24.5 Å². The molecule has 1 aliphatic heterocycles. The summed E-state index contributed by atoms with van der Waals surface area (Å²) in [6.45, 7) is 4.04. The maximum Gasteiger partial charge on any atom is 0.258 e. The van der Waals surface area contributed by atoms with Crippen molar-refractivity contribution in [2.45, 2.75) is 37.8 Å². The molecular weight excluding hydrogens is 394 g/mol. The number of nitrogens with zero attached hydrogens (tertiary/aromatic N) is 2. The van der Waals surface area contributed by atoms with Gasteiger partial charge in [0.1, 0.15) is 10.8 Å². The number of aliphatic imine (C=N–C) groups is 1. The molecule has 154 valence electrons. The van der Waals surface area contributed by atoms with E-state index in [1.807, 2.05) is 38.3 Å². The molecule has 7 heteroatoms. The normalized spacial score (nSPS) is 15.5. The van der Waals surface area contributed by atoms with Gasteiger partial charge < -0.3 is 16.0 Å². The summed E-state index contributed by atoms with van der Waals surface area (Å²) in [7, 11) is 0. The van der Waals surface area contributed by atoms with Crippen molar-refractivity contribution < 1.29 is 4.79 Å². The van der Waals surface area contributed by atoms with Crippen LogP contribution in [0.3, 0.4) is 0 Å². The van der Waals surface area contributed by atoms with Gasteiger partial charge in [-0.2, -0.15) is 0 Å². The van der Waals surface area contributed by atoms with Crippen LogP contribution in [0.25, 0.3) is 0 Å². The lowest BCUT2D eigenvalue weighted by Crippen LogP contribution is -2.17. The highest BCUT2D eigenvalue weighted by molar-refractivity contribution is 7.99. The molecule has 2 aromatic rings. The van der Waals surface area contributed by atoms with Gasteiger partial charge >= 0.3 is 0 Å². The number of hydrogen-bond donors (Lipinski definition) is 3. The van der Waals surface area contributed by atoms with Crippen LogP contribution in [-0.4, -0.2) is 28.9 Å². The number of hydrogen-bond acceptors (Lipinski definition) is 6. The van der Waals surface area contributed by atoms with Gasteiger partial charge in [0.15, 0.2) is 0 Å². The first-order valence-electron chi connectivity index (χ1n) is 10.0. The van der Waals surface area contributed by atoms with Crippen molar-refractivity contribution >= 4 is 29.6 Å². The smallest absolute Gasteiger partial charge is 0.258 e. The molecule has 30 heavy (non-hydrogen) atoms. The molecule has 1 saturated carbocycles. The fourth-order valence-corrected chi connectivity index (χ4v) is 4.05. The summed E-state index contributed by atoms with van der Waals surface area (Å²) in [6, 6.07) is 10.2. The highest BCUT2D eigenvalue weighted by Gasteiger charge is 2.21. The van der Waals surface area contributed by atoms with E-state index in [-0.39, 0.29) is 5.91 Å². The van der Waals surface area contributed by atoms with Crippen molar-refractivity contribution in [1.82, 2.24) is 15.6 Å². The molecule has 2 heterocycles. The fraction of sp³-hybridized carbons (Fsp3) is 0.261. The number of allylic oxidation sites excluding steroid dienone is 1. The van der Waals surface area contributed by atoms with E-state index in [4.69, 9.17) is 0 Å². The molecular formula is C23H25N5OS. The van der Waals surface area contributed by atoms with Gasteiger partial charge in [-0.3, -0.25) is 4.79 Å². The van der Waals surface area contributed by atoms with E-state index < -0.39 is 0 Å². The highest BCUT2D eigenvalue weighted by atomic mass is 32.2. The summed E-state index contributed by atoms with van der Waals surface area (Å²) in [4.78, 5) is 21.7.